The van der Waals surface area contributed by atoms with Crippen molar-refractivity contribution >= 4 is 34.6 Å². The molecule has 1 saturated heterocycles. The summed E-state index contributed by atoms with van der Waals surface area (Å²) in [7, 11) is 0. The van der Waals surface area contributed by atoms with Crippen molar-refractivity contribution in [2.24, 2.45) is 10.7 Å². The Hall–Kier alpha value is -2.00. The summed E-state index contributed by atoms with van der Waals surface area (Å²) in [6, 6.07) is 7.70. The highest BCUT2D eigenvalue weighted by Crippen LogP contribution is 2.30. The van der Waals surface area contributed by atoms with Gasteiger partial charge in [-0.3, -0.25) is 4.99 Å². The van der Waals surface area contributed by atoms with Crippen LogP contribution in [0.2, 0.25) is 5.02 Å². The second-order valence-electron chi connectivity index (χ2n) is 6.06. The maximum Gasteiger partial charge on any atom is 0.434 e. The van der Waals surface area contributed by atoms with Gasteiger partial charge in [0.25, 0.3) is 0 Å². The SMILES string of the molecule is NC(=NCCc1nc(C(F)(F)F)cs1)N1CCN(c2ccc(Cl)cc2)CC1. The number of nitrogens with zero attached hydrogens (tertiary/aromatic N) is 4. The first-order valence-corrected chi connectivity index (χ1v) is 9.65. The fraction of sp³-hybridized carbons (Fsp3) is 0.412. The average Bonchev–Trinajstić information content (AvgIpc) is 3.12. The molecule has 2 heterocycles. The number of thiazole rings is 1. The maximum atomic E-state index is 12.5. The van der Waals surface area contributed by atoms with E-state index in [0.717, 1.165) is 48.6 Å². The Bertz CT molecular complexity index is 783. The number of aromatic nitrogens is 1. The summed E-state index contributed by atoms with van der Waals surface area (Å²) in [6.07, 6.45) is -4.06. The quantitative estimate of drug-likeness (QED) is 0.611. The molecule has 2 N–H and O–H groups in total. The summed E-state index contributed by atoms with van der Waals surface area (Å²) in [5, 5.41) is 2.14. The zero-order chi connectivity index (χ0) is 19.4. The van der Waals surface area contributed by atoms with Crippen LogP contribution < -0.4 is 10.6 Å². The molecule has 0 saturated carbocycles. The van der Waals surface area contributed by atoms with Gasteiger partial charge in [-0.1, -0.05) is 11.6 Å². The van der Waals surface area contributed by atoms with E-state index in [9.17, 15) is 13.2 Å². The normalized spacial score (nSPS) is 16.1. The van der Waals surface area contributed by atoms with E-state index in [1.54, 1.807) is 0 Å². The molecule has 1 aromatic carbocycles. The number of nitrogens with two attached hydrogens (primary N) is 1. The first-order chi connectivity index (χ1) is 12.8. The Labute approximate surface area is 164 Å². The first kappa shape index (κ1) is 19.8. The third-order valence-corrected chi connectivity index (χ3v) is 5.40. The molecule has 10 heteroatoms. The van der Waals surface area contributed by atoms with Gasteiger partial charge < -0.3 is 15.5 Å². The number of anilines is 1. The van der Waals surface area contributed by atoms with E-state index >= 15 is 0 Å². The summed E-state index contributed by atoms with van der Waals surface area (Å²) in [4.78, 5) is 12.1. The molecule has 2 aromatic rings. The molecule has 3 rings (SSSR count). The fourth-order valence-corrected chi connectivity index (χ4v) is 3.69. The Morgan fingerprint density at radius 2 is 1.85 bits per heavy atom. The van der Waals surface area contributed by atoms with Gasteiger partial charge in [-0.2, -0.15) is 13.2 Å². The molecule has 27 heavy (non-hydrogen) atoms. The summed E-state index contributed by atoms with van der Waals surface area (Å²) in [5.41, 5.74) is 6.29. The van der Waals surface area contributed by atoms with Crippen LogP contribution in [0.5, 0.6) is 0 Å². The van der Waals surface area contributed by atoms with Gasteiger partial charge in [-0.15, -0.1) is 11.3 Å². The average molecular weight is 418 g/mol. The van der Waals surface area contributed by atoms with Crippen LogP contribution in [-0.2, 0) is 12.6 Å². The molecule has 0 aliphatic carbocycles. The fourth-order valence-electron chi connectivity index (χ4n) is 2.77. The minimum atomic E-state index is -4.40. The molecule has 5 nitrogen and oxygen atoms in total. The molecule has 146 valence electrons. The molecule has 0 bridgehead atoms. The second kappa shape index (κ2) is 8.35. The lowest BCUT2D eigenvalue weighted by atomic mass is 10.2. The highest BCUT2D eigenvalue weighted by Gasteiger charge is 2.33. The van der Waals surface area contributed by atoms with Crippen molar-refractivity contribution in [3.63, 3.8) is 0 Å². The molecule has 0 spiro atoms. The summed E-state index contributed by atoms with van der Waals surface area (Å²) in [6.45, 7) is 3.38. The van der Waals surface area contributed by atoms with Gasteiger partial charge in [0.05, 0.1) is 5.01 Å². The number of alkyl halides is 3. The molecule has 1 aliphatic heterocycles. The molecule has 0 atom stereocenters. The van der Waals surface area contributed by atoms with Gasteiger partial charge >= 0.3 is 6.18 Å². The van der Waals surface area contributed by atoms with Crippen molar-refractivity contribution in [1.29, 1.82) is 0 Å². The van der Waals surface area contributed by atoms with Crippen molar-refractivity contribution in [2.45, 2.75) is 12.6 Å². The lowest BCUT2D eigenvalue weighted by Gasteiger charge is -2.36. The van der Waals surface area contributed by atoms with Crippen molar-refractivity contribution in [3.05, 3.63) is 45.4 Å². The molecule has 1 fully saturated rings. The van der Waals surface area contributed by atoms with Gasteiger partial charge in [0.1, 0.15) is 0 Å². The van der Waals surface area contributed by atoms with Crippen molar-refractivity contribution in [2.75, 3.05) is 37.6 Å². The van der Waals surface area contributed by atoms with Crippen LogP contribution in [0.15, 0.2) is 34.6 Å². The Morgan fingerprint density at radius 3 is 2.44 bits per heavy atom. The molecular weight excluding hydrogens is 399 g/mol. The number of hydrogen-bond donors (Lipinski definition) is 1. The predicted molar refractivity (Wildman–Crippen MR) is 103 cm³/mol. The van der Waals surface area contributed by atoms with Crippen LogP contribution >= 0.6 is 22.9 Å². The predicted octanol–water partition coefficient (Wildman–Crippen LogP) is 3.49. The number of aliphatic imine (C=N–C) groups is 1. The van der Waals surface area contributed by atoms with Crippen LogP contribution in [-0.4, -0.2) is 48.6 Å². The van der Waals surface area contributed by atoms with E-state index in [0.29, 0.717) is 29.0 Å². The Balaban J connectivity index is 1.48. The smallest absolute Gasteiger partial charge is 0.370 e. The molecule has 0 unspecified atom stereocenters. The standard InChI is InChI=1S/C17H19ClF3N5S/c18-12-1-3-13(4-2-12)25-7-9-26(10-8-25)16(22)23-6-5-15-24-14(11-27-15)17(19,20)21/h1-4,11H,5-10H2,(H2,22,23). The second-order valence-corrected chi connectivity index (χ2v) is 7.44. The molecule has 0 radical (unpaired) electrons. The van der Waals surface area contributed by atoms with Gasteiger partial charge in [0, 0.05) is 55.2 Å². The third kappa shape index (κ3) is 5.26. The topological polar surface area (TPSA) is 57.8 Å². The van der Waals surface area contributed by atoms with Crippen LogP contribution in [0.1, 0.15) is 10.7 Å². The van der Waals surface area contributed by atoms with Gasteiger partial charge in [0.15, 0.2) is 11.7 Å². The Morgan fingerprint density at radius 1 is 1.19 bits per heavy atom. The first-order valence-electron chi connectivity index (χ1n) is 8.40. The largest absolute Gasteiger partial charge is 0.434 e. The van der Waals surface area contributed by atoms with Gasteiger partial charge in [-0.25, -0.2) is 4.98 Å². The van der Waals surface area contributed by atoms with Crippen LogP contribution in [0.25, 0.3) is 0 Å². The van der Waals surface area contributed by atoms with Crippen molar-refractivity contribution < 1.29 is 13.2 Å². The number of hydrogen-bond acceptors (Lipinski definition) is 4. The van der Waals surface area contributed by atoms with E-state index in [1.165, 1.54) is 0 Å². The van der Waals surface area contributed by atoms with E-state index in [1.807, 2.05) is 29.2 Å². The zero-order valence-electron chi connectivity index (χ0n) is 14.4. The number of halogens is 4. The molecule has 1 aromatic heterocycles. The van der Waals surface area contributed by atoms with Crippen molar-refractivity contribution in [3.8, 4) is 0 Å². The minimum absolute atomic E-state index is 0.314. The van der Waals surface area contributed by atoms with Crippen LogP contribution in [0, 0.1) is 0 Å². The minimum Gasteiger partial charge on any atom is -0.370 e. The zero-order valence-corrected chi connectivity index (χ0v) is 16.0. The number of benzene rings is 1. The van der Waals surface area contributed by atoms with Gasteiger partial charge in [-0.05, 0) is 24.3 Å². The van der Waals surface area contributed by atoms with Crippen LogP contribution in [0.3, 0.4) is 0 Å². The molecule has 1 aliphatic rings. The Kier molecular flexibility index (Phi) is 6.11. The maximum absolute atomic E-state index is 12.5. The van der Waals surface area contributed by atoms with E-state index in [2.05, 4.69) is 14.9 Å². The third-order valence-electron chi connectivity index (χ3n) is 4.24. The summed E-state index contributed by atoms with van der Waals surface area (Å²) >= 11 is 6.90. The lowest BCUT2D eigenvalue weighted by molar-refractivity contribution is -0.140. The number of guanidine groups is 1. The van der Waals surface area contributed by atoms with Crippen LogP contribution in [0.4, 0.5) is 18.9 Å². The number of rotatable bonds is 4. The summed E-state index contributed by atoms with van der Waals surface area (Å²) < 4.78 is 37.6. The van der Waals surface area contributed by atoms with Crippen molar-refractivity contribution in [1.82, 2.24) is 9.88 Å². The highest BCUT2D eigenvalue weighted by atomic mass is 35.5. The van der Waals surface area contributed by atoms with E-state index in [4.69, 9.17) is 17.3 Å². The monoisotopic (exact) mass is 417 g/mol. The molecule has 0 amide bonds. The highest BCUT2D eigenvalue weighted by molar-refractivity contribution is 7.09. The van der Waals surface area contributed by atoms with E-state index < -0.39 is 11.9 Å². The summed E-state index contributed by atoms with van der Waals surface area (Å²) in [5.74, 6) is 0.415. The number of piperazine rings is 1. The van der Waals surface area contributed by atoms with E-state index in [-0.39, 0.29) is 0 Å². The lowest BCUT2D eigenvalue weighted by Crippen LogP contribution is -2.51. The van der Waals surface area contributed by atoms with Gasteiger partial charge in [0.2, 0.25) is 0 Å². The molecular formula is C17H19ClF3N5S.